The van der Waals surface area contributed by atoms with Crippen molar-refractivity contribution in [2.24, 2.45) is 11.3 Å². The maximum atomic E-state index is 13.8. The van der Waals surface area contributed by atoms with E-state index < -0.39 is 0 Å². The molecule has 1 aromatic carbocycles. The molecule has 2 aliphatic heterocycles. The number of ether oxygens (including phenoxy) is 1. The van der Waals surface area contributed by atoms with Crippen LogP contribution in [0.2, 0.25) is 5.02 Å². The first kappa shape index (κ1) is 22.8. The highest BCUT2D eigenvalue weighted by Gasteiger charge is 2.50. The number of amides is 1. The largest absolute Gasteiger partial charge is 0.372 e. The lowest BCUT2D eigenvalue weighted by atomic mass is 9.72. The van der Waals surface area contributed by atoms with Crippen LogP contribution >= 0.6 is 11.6 Å². The van der Waals surface area contributed by atoms with Crippen LogP contribution < -0.4 is 0 Å². The van der Waals surface area contributed by atoms with Crippen molar-refractivity contribution >= 4 is 17.5 Å². The first-order chi connectivity index (χ1) is 16.0. The molecule has 1 spiro atoms. The fraction of sp³-hybridized carbons (Fsp3) is 0.556. The zero-order valence-electron chi connectivity index (χ0n) is 19.5. The lowest BCUT2D eigenvalue weighted by molar-refractivity contribution is -0.161. The average molecular weight is 468 g/mol. The Labute approximate surface area is 202 Å². The van der Waals surface area contributed by atoms with E-state index in [1.807, 2.05) is 36.5 Å². The fourth-order valence-corrected chi connectivity index (χ4v) is 5.65. The number of piperidine rings is 2. The minimum Gasteiger partial charge on any atom is -0.372 e. The van der Waals surface area contributed by atoms with Crippen molar-refractivity contribution in [3.63, 3.8) is 0 Å². The molecule has 176 valence electrons. The van der Waals surface area contributed by atoms with E-state index in [4.69, 9.17) is 16.3 Å². The van der Waals surface area contributed by atoms with Gasteiger partial charge in [0.15, 0.2) is 0 Å². The van der Waals surface area contributed by atoms with Crippen molar-refractivity contribution in [2.75, 3.05) is 26.2 Å². The lowest BCUT2D eigenvalue weighted by Crippen LogP contribution is -2.60. The molecule has 3 heterocycles. The Balaban J connectivity index is 1.31. The van der Waals surface area contributed by atoms with Gasteiger partial charge in [-0.25, -0.2) is 0 Å². The van der Waals surface area contributed by atoms with Gasteiger partial charge in [0.1, 0.15) is 0 Å². The van der Waals surface area contributed by atoms with Gasteiger partial charge in [-0.3, -0.25) is 14.7 Å². The molecule has 3 fully saturated rings. The van der Waals surface area contributed by atoms with E-state index in [0.29, 0.717) is 25.0 Å². The molecule has 0 N–H and O–H groups in total. The molecule has 1 aromatic heterocycles. The maximum Gasteiger partial charge on any atom is 0.230 e. The summed E-state index contributed by atoms with van der Waals surface area (Å²) in [5.74, 6) is 1.03. The van der Waals surface area contributed by atoms with Crippen LogP contribution in [0.15, 0.2) is 42.6 Å². The summed E-state index contributed by atoms with van der Waals surface area (Å²) in [4.78, 5) is 23.0. The summed E-state index contributed by atoms with van der Waals surface area (Å²) in [6.45, 7) is 6.89. The molecule has 1 saturated carbocycles. The van der Waals surface area contributed by atoms with E-state index in [0.717, 1.165) is 61.7 Å². The van der Waals surface area contributed by atoms with Gasteiger partial charge in [0.2, 0.25) is 5.91 Å². The zero-order valence-corrected chi connectivity index (χ0v) is 20.3. The third-order valence-electron chi connectivity index (χ3n) is 7.50. The molecule has 0 bridgehead atoms. The summed E-state index contributed by atoms with van der Waals surface area (Å²) in [6, 6.07) is 12.0. The summed E-state index contributed by atoms with van der Waals surface area (Å²) in [6.07, 6.45) is 7.22. The number of benzene rings is 1. The number of carbonyl (C=O) groups is 1. The number of nitrogens with zero attached hydrogens (tertiary/aromatic N) is 3. The Morgan fingerprint density at radius 2 is 2.03 bits per heavy atom. The molecule has 3 aliphatic rings. The molecule has 0 radical (unpaired) electrons. The molecular weight excluding hydrogens is 434 g/mol. The van der Waals surface area contributed by atoms with Gasteiger partial charge >= 0.3 is 0 Å². The lowest BCUT2D eigenvalue weighted by Gasteiger charge is -2.49. The van der Waals surface area contributed by atoms with Crippen molar-refractivity contribution < 1.29 is 9.53 Å². The number of pyridine rings is 1. The number of aryl methyl sites for hydroxylation is 1. The van der Waals surface area contributed by atoms with Crippen LogP contribution in [-0.2, 0) is 22.7 Å². The fourth-order valence-electron chi connectivity index (χ4n) is 5.53. The molecule has 2 atom stereocenters. The zero-order chi connectivity index (χ0) is 22.8. The Morgan fingerprint density at radius 1 is 1.21 bits per heavy atom. The van der Waals surface area contributed by atoms with E-state index in [2.05, 4.69) is 27.8 Å². The number of rotatable bonds is 7. The van der Waals surface area contributed by atoms with Crippen LogP contribution in [0.3, 0.4) is 0 Å². The highest BCUT2D eigenvalue weighted by molar-refractivity contribution is 6.30. The topological polar surface area (TPSA) is 45.7 Å². The third kappa shape index (κ3) is 5.42. The van der Waals surface area contributed by atoms with Gasteiger partial charge in [-0.05, 0) is 80.8 Å². The van der Waals surface area contributed by atoms with Crippen LogP contribution in [0.25, 0.3) is 0 Å². The van der Waals surface area contributed by atoms with Gasteiger partial charge in [0, 0.05) is 37.4 Å². The maximum absolute atomic E-state index is 13.8. The van der Waals surface area contributed by atoms with E-state index in [1.165, 1.54) is 18.4 Å². The van der Waals surface area contributed by atoms with Crippen molar-refractivity contribution in [1.29, 1.82) is 0 Å². The molecule has 6 heteroatoms. The summed E-state index contributed by atoms with van der Waals surface area (Å²) < 4.78 is 6.42. The van der Waals surface area contributed by atoms with Crippen molar-refractivity contribution in [3.05, 3.63) is 64.4 Å². The monoisotopic (exact) mass is 467 g/mol. The second-order valence-electron chi connectivity index (χ2n) is 10.3. The quantitative estimate of drug-likeness (QED) is 0.583. The molecular formula is C27H34ClN3O2. The highest BCUT2D eigenvalue weighted by Crippen LogP contribution is 2.42. The molecule has 1 amide bonds. The van der Waals surface area contributed by atoms with Crippen LogP contribution in [0.1, 0.15) is 48.9 Å². The van der Waals surface area contributed by atoms with Gasteiger partial charge < -0.3 is 9.64 Å². The van der Waals surface area contributed by atoms with Gasteiger partial charge in [-0.15, -0.1) is 0 Å². The Kier molecular flexibility index (Phi) is 6.73. The predicted molar refractivity (Wildman–Crippen MR) is 130 cm³/mol. The summed E-state index contributed by atoms with van der Waals surface area (Å²) >= 11 is 6.03. The number of likely N-dealkylation sites (tertiary alicyclic amines) is 2. The van der Waals surface area contributed by atoms with Crippen molar-refractivity contribution in [3.8, 4) is 0 Å². The molecule has 33 heavy (non-hydrogen) atoms. The van der Waals surface area contributed by atoms with E-state index in [1.54, 1.807) is 0 Å². The number of carbonyl (C=O) groups excluding carboxylic acids is 1. The first-order valence-electron chi connectivity index (χ1n) is 12.3. The molecule has 1 aliphatic carbocycles. The van der Waals surface area contributed by atoms with Crippen molar-refractivity contribution in [2.45, 2.75) is 58.3 Å². The molecule has 5 nitrogen and oxygen atoms in total. The van der Waals surface area contributed by atoms with Crippen LogP contribution in [0, 0.1) is 18.3 Å². The smallest absolute Gasteiger partial charge is 0.230 e. The second-order valence-corrected chi connectivity index (χ2v) is 10.7. The minimum atomic E-state index is -0.348. The number of hydrogen-bond acceptors (Lipinski definition) is 4. The second kappa shape index (κ2) is 9.73. The van der Waals surface area contributed by atoms with Crippen LogP contribution in [0.4, 0.5) is 0 Å². The highest BCUT2D eigenvalue weighted by atomic mass is 35.5. The van der Waals surface area contributed by atoms with E-state index in [-0.39, 0.29) is 11.5 Å². The molecule has 2 saturated heterocycles. The number of hydrogen-bond donors (Lipinski definition) is 0. The Bertz CT molecular complexity index is 978. The Morgan fingerprint density at radius 3 is 2.79 bits per heavy atom. The summed E-state index contributed by atoms with van der Waals surface area (Å²) in [5.41, 5.74) is 3.10. The summed E-state index contributed by atoms with van der Waals surface area (Å²) in [7, 11) is 0. The van der Waals surface area contributed by atoms with Gasteiger partial charge in [0.25, 0.3) is 0 Å². The average Bonchev–Trinajstić information content (AvgIpc) is 3.63. The van der Waals surface area contributed by atoms with Crippen molar-refractivity contribution in [1.82, 2.24) is 14.8 Å². The predicted octanol–water partition coefficient (Wildman–Crippen LogP) is 4.85. The minimum absolute atomic E-state index is 0.0636. The van der Waals surface area contributed by atoms with Crippen LogP contribution in [-0.4, -0.2) is 53.0 Å². The third-order valence-corrected chi connectivity index (χ3v) is 7.76. The van der Waals surface area contributed by atoms with E-state index >= 15 is 0 Å². The normalized spacial score (nSPS) is 26.2. The first-order valence-corrected chi connectivity index (χ1v) is 12.7. The van der Waals surface area contributed by atoms with Gasteiger partial charge in [-0.2, -0.15) is 0 Å². The van der Waals surface area contributed by atoms with Gasteiger partial charge in [-0.1, -0.05) is 29.8 Å². The molecule has 5 rings (SSSR count). The molecule has 0 unspecified atom stereocenters. The number of halogens is 1. The standard InChI is InChI=1S/C27H34ClN3O2/c1-20-4-2-12-29-25(20)17-30-13-3-11-27(19-30)14-24(16-31(26(27)32)15-21-5-6-21)33-18-22-7-9-23(28)10-8-22/h2,4,7-10,12,21,24H,3,5-6,11,13-19H2,1H3/t24-,27+/m0/s1. The molecule has 2 aromatic rings. The van der Waals surface area contributed by atoms with E-state index in [9.17, 15) is 4.79 Å². The van der Waals surface area contributed by atoms with Crippen LogP contribution in [0.5, 0.6) is 0 Å². The van der Waals surface area contributed by atoms with Gasteiger partial charge in [0.05, 0.1) is 23.8 Å². The Hall–Kier alpha value is -1.95. The summed E-state index contributed by atoms with van der Waals surface area (Å²) in [5, 5.41) is 0.738. The number of aromatic nitrogens is 1. The SMILES string of the molecule is Cc1cccnc1CN1CCC[C@@]2(C[C@H](OCc3ccc(Cl)cc3)CN(CC3CC3)C2=O)C1.